The fourth-order valence-corrected chi connectivity index (χ4v) is 3.29. The molecule has 0 bridgehead atoms. The summed E-state index contributed by atoms with van der Waals surface area (Å²) in [5.41, 5.74) is 6.16. The number of hydrogen-bond donors (Lipinski definition) is 1. The summed E-state index contributed by atoms with van der Waals surface area (Å²) in [6.07, 6.45) is 5.86. The highest BCUT2D eigenvalue weighted by atomic mass is 32.1. The van der Waals surface area contributed by atoms with Crippen LogP contribution in [0.1, 0.15) is 38.0 Å². The zero-order valence-corrected chi connectivity index (χ0v) is 11.2. The molecule has 3 nitrogen and oxygen atoms in total. The van der Waals surface area contributed by atoms with Gasteiger partial charge in [-0.25, -0.2) is 4.98 Å². The van der Waals surface area contributed by atoms with Gasteiger partial charge in [-0.3, -0.25) is 4.90 Å². The van der Waals surface area contributed by atoms with Crippen LogP contribution in [0.25, 0.3) is 0 Å². The average Bonchev–Trinajstić information content (AvgIpc) is 2.72. The summed E-state index contributed by atoms with van der Waals surface area (Å²) in [4.78, 5) is 7.81. The first-order valence-corrected chi connectivity index (χ1v) is 6.68. The van der Waals surface area contributed by atoms with Crippen LogP contribution in [0.2, 0.25) is 0 Å². The van der Waals surface area contributed by atoms with Gasteiger partial charge in [-0.15, -0.1) is 11.3 Å². The third-order valence-corrected chi connectivity index (χ3v) is 4.35. The van der Waals surface area contributed by atoms with Gasteiger partial charge >= 0.3 is 0 Å². The van der Waals surface area contributed by atoms with Crippen LogP contribution in [0.15, 0.2) is 6.20 Å². The molecule has 1 aromatic rings. The number of nitrogen functional groups attached to an aromatic ring is 1. The molecule has 1 unspecified atom stereocenters. The molecule has 1 heterocycles. The van der Waals surface area contributed by atoms with Crippen molar-refractivity contribution in [3.8, 4) is 0 Å². The molecule has 90 valence electrons. The largest absolute Gasteiger partial charge is 0.375 e. The van der Waals surface area contributed by atoms with Crippen molar-refractivity contribution in [2.75, 3.05) is 12.8 Å². The van der Waals surface area contributed by atoms with Crippen LogP contribution in [-0.2, 0) is 6.54 Å². The minimum Gasteiger partial charge on any atom is -0.375 e. The summed E-state index contributed by atoms with van der Waals surface area (Å²) < 4.78 is 0. The third kappa shape index (κ3) is 2.74. The van der Waals surface area contributed by atoms with E-state index in [0.717, 1.165) is 12.6 Å². The van der Waals surface area contributed by atoms with E-state index in [1.54, 1.807) is 11.3 Å². The van der Waals surface area contributed by atoms with Crippen LogP contribution in [0.3, 0.4) is 0 Å². The maximum absolute atomic E-state index is 5.64. The van der Waals surface area contributed by atoms with Gasteiger partial charge in [-0.1, -0.05) is 13.8 Å². The summed E-state index contributed by atoms with van der Waals surface area (Å²) >= 11 is 1.60. The van der Waals surface area contributed by atoms with E-state index >= 15 is 0 Å². The second-order valence-electron chi connectivity index (χ2n) is 5.64. The molecule has 2 rings (SSSR count). The molecule has 1 aliphatic rings. The number of nitrogens with two attached hydrogens (primary N) is 1. The lowest BCUT2D eigenvalue weighted by molar-refractivity contribution is 0.221. The van der Waals surface area contributed by atoms with Crippen molar-refractivity contribution in [3.63, 3.8) is 0 Å². The zero-order valence-electron chi connectivity index (χ0n) is 10.4. The Balaban J connectivity index is 1.91. The smallest absolute Gasteiger partial charge is 0.180 e. The van der Waals surface area contributed by atoms with Crippen molar-refractivity contribution in [1.82, 2.24) is 9.88 Å². The van der Waals surface area contributed by atoms with Crippen molar-refractivity contribution in [1.29, 1.82) is 0 Å². The first-order chi connectivity index (χ1) is 7.46. The number of anilines is 1. The number of hydrogen-bond acceptors (Lipinski definition) is 4. The lowest BCUT2D eigenvalue weighted by Crippen LogP contribution is -2.29. The Morgan fingerprint density at radius 3 is 2.88 bits per heavy atom. The normalized spacial score (nSPS) is 24.1. The van der Waals surface area contributed by atoms with Gasteiger partial charge < -0.3 is 5.73 Å². The van der Waals surface area contributed by atoms with E-state index in [1.165, 1.54) is 24.1 Å². The number of rotatable bonds is 3. The first kappa shape index (κ1) is 11.9. The highest BCUT2D eigenvalue weighted by molar-refractivity contribution is 7.15. The van der Waals surface area contributed by atoms with Crippen LogP contribution in [0.5, 0.6) is 0 Å². The maximum atomic E-state index is 5.64. The Labute approximate surface area is 102 Å². The Bertz CT molecular complexity index is 359. The Hall–Kier alpha value is -0.610. The lowest BCUT2D eigenvalue weighted by Gasteiger charge is -2.25. The summed E-state index contributed by atoms with van der Waals surface area (Å²) in [6, 6.07) is 0.721. The molecule has 0 amide bonds. The van der Waals surface area contributed by atoms with Crippen LogP contribution in [0, 0.1) is 5.41 Å². The average molecular weight is 239 g/mol. The molecule has 1 fully saturated rings. The molecule has 0 saturated heterocycles. The van der Waals surface area contributed by atoms with E-state index in [2.05, 4.69) is 30.8 Å². The molecule has 2 N–H and O–H groups in total. The third-order valence-electron chi connectivity index (χ3n) is 3.54. The van der Waals surface area contributed by atoms with Crippen LogP contribution >= 0.6 is 11.3 Å². The van der Waals surface area contributed by atoms with Gasteiger partial charge in [0, 0.05) is 23.7 Å². The molecule has 1 aromatic heterocycles. The first-order valence-electron chi connectivity index (χ1n) is 5.87. The molecule has 4 heteroatoms. The minimum absolute atomic E-state index is 0.519. The molecular weight excluding hydrogens is 218 g/mol. The van der Waals surface area contributed by atoms with Crippen LogP contribution in [-0.4, -0.2) is 23.0 Å². The molecule has 1 saturated carbocycles. The van der Waals surface area contributed by atoms with Gasteiger partial charge in [0.15, 0.2) is 5.13 Å². The van der Waals surface area contributed by atoms with Gasteiger partial charge in [0.05, 0.1) is 0 Å². The van der Waals surface area contributed by atoms with E-state index in [-0.39, 0.29) is 0 Å². The van der Waals surface area contributed by atoms with Crippen molar-refractivity contribution in [3.05, 3.63) is 11.1 Å². The predicted molar refractivity (Wildman–Crippen MR) is 69.4 cm³/mol. The van der Waals surface area contributed by atoms with Gasteiger partial charge in [0.25, 0.3) is 0 Å². The highest BCUT2D eigenvalue weighted by Crippen LogP contribution is 2.39. The molecule has 0 aromatic carbocycles. The number of thiazole rings is 1. The molecular formula is C12H21N3S. The standard InChI is InChI=1S/C12H21N3S/c1-12(2)5-4-9(6-12)15(3)8-10-7-14-11(13)16-10/h7,9H,4-6,8H2,1-3H3,(H2,13,14). The van der Waals surface area contributed by atoms with Gasteiger partial charge in [0.1, 0.15) is 0 Å². The fourth-order valence-electron chi connectivity index (χ4n) is 2.55. The number of nitrogens with zero attached hydrogens (tertiary/aromatic N) is 2. The Kier molecular flexibility index (Phi) is 3.22. The van der Waals surface area contributed by atoms with E-state index in [0.29, 0.717) is 10.5 Å². The van der Waals surface area contributed by atoms with Gasteiger partial charge in [-0.2, -0.15) is 0 Å². The number of aromatic nitrogens is 1. The summed E-state index contributed by atoms with van der Waals surface area (Å²) in [5.74, 6) is 0. The fraction of sp³-hybridized carbons (Fsp3) is 0.750. The molecule has 1 aliphatic carbocycles. The van der Waals surface area contributed by atoms with Gasteiger partial charge in [0.2, 0.25) is 0 Å². The molecule has 0 aliphatic heterocycles. The molecule has 16 heavy (non-hydrogen) atoms. The van der Waals surface area contributed by atoms with Gasteiger partial charge in [-0.05, 0) is 31.7 Å². The molecule has 1 atom stereocenters. The van der Waals surface area contributed by atoms with E-state index in [9.17, 15) is 0 Å². The highest BCUT2D eigenvalue weighted by Gasteiger charge is 2.32. The second kappa shape index (κ2) is 4.34. The monoisotopic (exact) mass is 239 g/mol. The Morgan fingerprint density at radius 1 is 1.62 bits per heavy atom. The van der Waals surface area contributed by atoms with E-state index in [1.807, 2.05) is 6.20 Å². The zero-order chi connectivity index (χ0) is 11.8. The maximum Gasteiger partial charge on any atom is 0.180 e. The SMILES string of the molecule is CN(Cc1cnc(N)s1)C1CCC(C)(C)C1. The van der Waals surface area contributed by atoms with Crippen molar-refractivity contribution >= 4 is 16.5 Å². The van der Waals surface area contributed by atoms with Crippen molar-refractivity contribution < 1.29 is 0 Å². The summed E-state index contributed by atoms with van der Waals surface area (Å²) in [6.45, 7) is 5.71. The second-order valence-corrected chi connectivity index (χ2v) is 6.79. The summed E-state index contributed by atoms with van der Waals surface area (Å²) in [5, 5.41) is 0.676. The topological polar surface area (TPSA) is 42.2 Å². The van der Waals surface area contributed by atoms with Crippen LogP contribution < -0.4 is 5.73 Å². The van der Waals surface area contributed by atoms with Crippen molar-refractivity contribution in [2.24, 2.45) is 5.41 Å². The lowest BCUT2D eigenvalue weighted by atomic mass is 9.91. The van der Waals surface area contributed by atoms with Crippen molar-refractivity contribution in [2.45, 2.75) is 45.7 Å². The Morgan fingerprint density at radius 2 is 2.38 bits per heavy atom. The molecule has 0 spiro atoms. The van der Waals surface area contributed by atoms with E-state index < -0.39 is 0 Å². The van der Waals surface area contributed by atoms with Crippen LogP contribution in [0.4, 0.5) is 5.13 Å². The molecule has 0 radical (unpaired) electrons. The quantitative estimate of drug-likeness (QED) is 0.882. The predicted octanol–water partition coefficient (Wildman–Crippen LogP) is 2.74. The van der Waals surface area contributed by atoms with E-state index in [4.69, 9.17) is 5.73 Å². The summed E-state index contributed by atoms with van der Waals surface area (Å²) in [7, 11) is 2.21. The minimum atomic E-state index is 0.519.